The van der Waals surface area contributed by atoms with Gasteiger partial charge in [0.15, 0.2) is 0 Å². The number of anilines is 2. The lowest BCUT2D eigenvalue weighted by molar-refractivity contribution is 0.601. The van der Waals surface area contributed by atoms with E-state index in [0.29, 0.717) is 11.5 Å². The smallest absolute Gasteiger partial charge is 0.263 e. The first kappa shape index (κ1) is 12.3. The summed E-state index contributed by atoms with van der Waals surface area (Å²) < 4.78 is 26.3. The van der Waals surface area contributed by atoms with Crippen LogP contribution in [0.25, 0.3) is 0 Å². The van der Waals surface area contributed by atoms with Crippen molar-refractivity contribution in [2.75, 3.05) is 10.1 Å². The second kappa shape index (κ2) is 4.98. The van der Waals surface area contributed by atoms with Crippen LogP contribution in [0.3, 0.4) is 0 Å². The zero-order valence-corrected chi connectivity index (χ0v) is 10.1. The molecule has 0 amide bonds. The van der Waals surface area contributed by atoms with Crippen LogP contribution in [0, 0.1) is 0 Å². The quantitative estimate of drug-likeness (QED) is 0.550. The molecular formula is C10H11N5O2S. The normalized spacial score (nSPS) is 10.9. The van der Waals surface area contributed by atoms with Crippen molar-refractivity contribution >= 4 is 21.5 Å². The maximum atomic E-state index is 12.0. The number of sulfonamides is 1. The summed E-state index contributed by atoms with van der Waals surface area (Å²) >= 11 is 0. The number of hydrogen-bond donors (Lipinski definition) is 3. The standard InChI is InChI=1S/C10H11N5O2S/c11-14-10-4-3-9(7-13-10)18(16,17)15-8-2-1-5-12-6-8/h1-7,15H,11H2,(H,13,14). The van der Waals surface area contributed by atoms with E-state index in [4.69, 9.17) is 5.84 Å². The summed E-state index contributed by atoms with van der Waals surface area (Å²) in [6.45, 7) is 0. The largest absolute Gasteiger partial charge is 0.308 e. The van der Waals surface area contributed by atoms with Crippen molar-refractivity contribution in [3.63, 3.8) is 0 Å². The molecule has 18 heavy (non-hydrogen) atoms. The molecule has 8 heteroatoms. The Morgan fingerprint density at radius 1 is 1.17 bits per heavy atom. The molecule has 4 N–H and O–H groups in total. The highest BCUT2D eigenvalue weighted by Gasteiger charge is 2.14. The van der Waals surface area contributed by atoms with Crippen molar-refractivity contribution in [3.05, 3.63) is 42.9 Å². The average molecular weight is 265 g/mol. The van der Waals surface area contributed by atoms with Gasteiger partial charge in [0.25, 0.3) is 10.0 Å². The Morgan fingerprint density at radius 3 is 2.56 bits per heavy atom. The molecule has 0 aliphatic carbocycles. The Labute approximate surface area is 104 Å². The van der Waals surface area contributed by atoms with Crippen LogP contribution in [0.15, 0.2) is 47.8 Å². The predicted molar refractivity (Wildman–Crippen MR) is 67.1 cm³/mol. The lowest BCUT2D eigenvalue weighted by atomic mass is 10.4. The average Bonchev–Trinajstić information content (AvgIpc) is 2.39. The molecule has 2 rings (SSSR count). The van der Waals surface area contributed by atoms with E-state index in [1.807, 2.05) is 0 Å². The third kappa shape index (κ3) is 2.73. The third-order valence-electron chi connectivity index (χ3n) is 2.11. The number of pyridine rings is 2. The molecule has 0 saturated heterocycles. The van der Waals surface area contributed by atoms with Gasteiger partial charge in [0, 0.05) is 12.4 Å². The summed E-state index contributed by atoms with van der Waals surface area (Å²) in [7, 11) is -3.66. The second-order valence-electron chi connectivity index (χ2n) is 3.37. The van der Waals surface area contributed by atoms with Crippen molar-refractivity contribution in [2.45, 2.75) is 4.90 Å². The van der Waals surface area contributed by atoms with Crippen molar-refractivity contribution in [2.24, 2.45) is 5.84 Å². The van der Waals surface area contributed by atoms with Gasteiger partial charge in [-0.3, -0.25) is 9.71 Å². The molecule has 0 saturated carbocycles. The van der Waals surface area contributed by atoms with Crippen LogP contribution in [0.4, 0.5) is 11.5 Å². The fourth-order valence-electron chi connectivity index (χ4n) is 1.26. The van der Waals surface area contributed by atoms with Crippen LogP contribution in [-0.2, 0) is 10.0 Å². The predicted octanol–water partition coefficient (Wildman–Crippen LogP) is 0.563. The topological polar surface area (TPSA) is 110 Å². The molecule has 0 bridgehead atoms. The molecule has 0 unspecified atom stereocenters. The summed E-state index contributed by atoms with van der Waals surface area (Å²) in [5, 5.41) is 0. The van der Waals surface area contributed by atoms with E-state index in [0.717, 1.165) is 0 Å². The molecule has 2 aromatic heterocycles. The van der Waals surface area contributed by atoms with Crippen LogP contribution in [0.5, 0.6) is 0 Å². The zero-order chi connectivity index (χ0) is 13.0. The van der Waals surface area contributed by atoms with Gasteiger partial charge < -0.3 is 5.43 Å². The van der Waals surface area contributed by atoms with E-state index >= 15 is 0 Å². The van der Waals surface area contributed by atoms with E-state index < -0.39 is 10.0 Å². The molecule has 0 spiro atoms. The Bertz CT molecular complexity index is 612. The van der Waals surface area contributed by atoms with Crippen LogP contribution in [0.2, 0.25) is 0 Å². The van der Waals surface area contributed by atoms with Gasteiger partial charge in [-0.1, -0.05) is 0 Å². The Kier molecular flexibility index (Phi) is 3.40. The fourth-order valence-corrected chi connectivity index (χ4v) is 2.25. The summed E-state index contributed by atoms with van der Waals surface area (Å²) in [6.07, 6.45) is 4.19. The van der Waals surface area contributed by atoms with Crippen LogP contribution < -0.4 is 16.0 Å². The Balaban J connectivity index is 2.25. The maximum Gasteiger partial charge on any atom is 0.263 e. The molecular weight excluding hydrogens is 254 g/mol. The van der Waals surface area contributed by atoms with Gasteiger partial charge in [-0.25, -0.2) is 19.2 Å². The lowest BCUT2D eigenvalue weighted by Crippen LogP contribution is -2.14. The van der Waals surface area contributed by atoms with Gasteiger partial charge in [-0.2, -0.15) is 0 Å². The van der Waals surface area contributed by atoms with Gasteiger partial charge in [-0.15, -0.1) is 0 Å². The first-order chi connectivity index (χ1) is 8.62. The summed E-state index contributed by atoms with van der Waals surface area (Å²) in [5.41, 5.74) is 2.71. The molecule has 2 aromatic rings. The van der Waals surface area contributed by atoms with E-state index in [-0.39, 0.29) is 4.90 Å². The van der Waals surface area contributed by atoms with Crippen LogP contribution in [-0.4, -0.2) is 18.4 Å². The molecule has 0 atom stereocenters. The van der Waals surface area contributed by atoms with Gasteiger partial charge in [0.1, 0.15) is 10.7 Å². The number of aromatic nitrogens is 2. The SMILES string of the molecule is NNc1ccc(S(=O)(=O)Nc2cccnc2)cn1. The van der Waals surface area contributed by atoms with Gasteiger partial charge in [0.05, 0.1) is 11.9 Å². The highest BCUT2D eigenvalue weighted by atomic mass is 32.2. The van der Waals surface area contributed by atoms with E-state index in [2.05, 4.69) is 20.1 Å². The highest BCUT2D eigenvalue weighted by molar-refractivity contribution is 7.92. The molecule has 2 heterocycles. The number of nitrogens with one attached hydrogen (secondary N) is 2. The highest BCUT2D eigenvalue weighted by Crippen LogP contribution is 2.15. The van der Waals surface area contributed by atoms with Crippen molar-refractivity contribution < 1.29 is 8.42 Å². The van der Waals surface area contributed by atoms with E-state index in [1.165, 1.54) is 24.5 Å². The number of hydrogen-bond acceptors (Lipinski definition) is 6. The molecule has 7 nitrogen and oxygen atoms in total. The van der Waals surface area contributed by atoms with Gasteiger partial charge in [-0.05, 0) is 24.3 Å². The number of hydrazine groups is 1. The first-order valence-electron chi connectivity index (χ1n) is 4.97. The van der Waals surface area contributed by atoms with Crippen LogP contribution in [0.1, 0.15) is 0 Å². The minimum absolute atomic E-state index is 0.0466. The number of nitrogens with zero attached hydrogens (tertiary/aromatic N) is 2. The summed E-state index contributed by atoms with van der Waals surface area (Å²) in [4.78, 5) is 7.70. The molecule has 0 aromatic carbocycles. The number of rotatable bonds is 4. The molecule has 0 radical (unpaired) electrons. The van der Waals surface area contributed by atoms with Crippen LogP contribution >= 0.6 is 0 Å². The number of nitrogens with two attached hydrogens (primary N) is 1. The molecule has 94 valence electrons. The Hall–Kier alpha value is -2.19. The zero-order valence-electron chi connectivity index (χ0n) is 9.24. The lowest BCUT2D eigenvalue weighted by Gasteiger charge is -2.07. The minimum Gasteiger partial charge on any atom is -0.308 e. The molecule has 0 aliphatic rings. The van der Waals surface area contributed by atoms with Gasteiger partial charge >= 0.3 is 0 Å². The summed E-state index contributed by atoms with van der Waals surface area (Å²) in [6, 6.07) is 6.12. The van der Waals surface area contributed by atoms with Crippen molar-refractivity contribution in [3.8, 4) is 0 Å². The van der Waals surface area contributed by atoms with E-state index in [1.54, 1.807) is 18.3 Å². The van der Waals surface area contributed by atoms with Gasteiger partial charge in [0.2, 0.25) is 0 Å². The summed E-state index contributed by atoms with van der Waals surface area (Å²) in [5.74, 6) is 5.53. The molecule has 0 aliphatic heterocycles. The Morgan fingerprint density at radius 2 is 2.00 bits per heavy atom. The third-order valence-corrected chi connectivity index (χ3v) is 3.47. The molecule has 0 fully saturated rings. The van der Waals surface area contributed by atoms with Crippen molar-refractivity contribution in [1.29, 1.82) is 0 Å². The van der Waals surface area contributed by atoms with E-state index in [9.17, 15) is 8.42 Å². The monoisotopic (exact) mass is 265 g/mol. The van der Waals surface area contributed by atoms with Crippen molar-refractivity contribution in [1.82, 2.24) is 9.97 Å². The fraction of sp³-hybridized carbons (Fsp3) is 0. The minimum atomic E-state index is -3.66. The maximum absolute atomic E-state index is 12.0. The first-order valence-corrected chi connectivity index (χ1v) is 6.45. The second-order valence-corrected chi connectivity index (χ2v) is 5.05. The number of nitrogen functional groups attached to an aromatic ring is 1.